The number of nitrogens with zero attached hydrogens (tertiary/aromatic N) is 4. The molecule has 2 aliphatic heterocycles. The largest absolute Gasteiger partial charge is 0.483 e. The van der Waals surface area contributed by atoms with Crippen molar-refractivity contribution in [1.29, 1.82) is 0 Å². The highest BCUT2D eigenvalue weighted by molar-refractivity contribution is 7.61. The molecule has 4 heterocycles. The molecule has 0 amide bonds. The van der Waals surface area contributed by atoms with Gasteiger partial charge in [-0.2, -0.15) is 4.31 Å². The second-order valence-corrected chi connectivity index (χ2v) is 10.8. The van der Waals surface area contributed by atoms with Gasteiger partial charge >= 0.3 is 15.6 Å². The van der Waals surface area contributed by atoms with E-state index in [-0.39, 0.29) is 17.0 Å². The summed E-state index contributed by atoms with van der Waals surface area (Å²) in [4.78, 5) is 30.0. The normalized spacial score (nSPS) is 34.9. The number of fused-ring (bicyclic) bond motifs is 1. The summed E-state index contributed by atoms with van der Waals surface area (Å²) in [7, 11) is -10.6. The highest BCUT2D eigenvalue weighted by atomic mass is 31.3. The molecule has 4 rings (SSSR count). The van der Waals surface area contributed by atoms with Gasteiger partial charge in [-0.15, -0.1) is 0 Å². The number of aliphatic hydroxyl groups excluding tert-OH is 5. The van der Waals surface area contributed by atoms with Gasteiger partial charge in [-0.25, -0.2) is 24.1 Å². The van der Waals surface area contributed by atoms with Gasteiger partial charge in [-0.05, 0) is 0 Å². The smallest absolute Gasteiger partial charge is 0.387 e. The zero-order valence-corrected chi connectivity index (χ0v) is 19.7. The molecular weight excluding hydrogens is 536 g/mol. The van der Waals surface area contributed by atoms with Crippen molar-refractivity contribution in [2.24, 2.45) is 0 Å². The number of aliphatic hydroxyl groups is 5. The number of nitrogen functional groups attached to an aromatic ring is 1. The van der Waals surface area contributed by atoms with E-state index < -0.39 is 78.0 Å². The first-order chi connectivity index (χ1) is 16.8. The zero-order valence-electron chi connectivity index (χ0n) is 17.9. The summed E-state index contributed by atoms with van der Waals surface area (Å²) >= 11 is 0. The van der Waals surface area contributed by atoms with Crippen molar-refractivity contribution in [3.8, 4) is 0 Å². The molecule has 0 aliphatic carbocycles. The predicted molar refractivity (Wildman–Crippen MR) is 111 cm³/mol. The van der Waals surface area contributed by atoms with Crippen LogP contribution in [0.3, 0.4) is 0 Å². The van der Waals surface area contributed by atoms with Gasteiger partial charge in [-0.3, -0.25) is 13.6 Å². The Kier molecular flexibility index (Phi) is 7.78. The van der Waals surface area contributed by atoms with Crippen molar-refractivity contribution in [2.45, 2.75) is 49.1 Å². The molecule has 0 radical (unpaired) electrons. The standard InChI is InChI=1S/C15H23N5O14P2/c16-12-7-13(18-3-17-12)20(4-19-7)14-10(23)8(21)5(32-14)1-30-36(29,34-35(26,27)28)31-2-6-9(22)11(24)15(25)33-6/h3-6,8-11,14-15,21-25H,1-2H2,(H2,16,17,18)(H2,26,27,28)/t5-,6-,8-,9-,10-,11-,14-,15-,36?/m1/s1. The molecule has 0 bridgehead atoms. The lowest BCUT2D eigenvalue weighted by atomic mass is 10.1. The highest BCUT2D eigenvalue weighted by Crippen LogP contribution is 2.61. The van der Waals surface area contributed by atoms with Crippen LogP contribution in [0.1, 0.15) is 6.23 Å². The molecule has 2 aliphatic rings. The Labute approximate surface area is 200 Å². The first-order valence-corrected chi connectivity index (χ1v) is 13.1. The average Bonchev–Trinajstić information content (AvgIpc) is 3.42. The summed E-state index contributed by atoms with van der Waals surface area (Å²) < 4.78 is 49.6. The number of phosphoric acid groups is 2. The molecule has 9 atom stereocenters. The van der Waals surface area contributed by atoms with Crippen LogP contribution in [0, 0.1) is 0 Å². The lowest BCUT2D eigenvalue weighted by Crippen LogP contribution is -2.34. The quantitative estimate of drug-likeness (QED) is 0.140. The van der Waals surface area contributed by atoms with Crippen LogP contribution in [0.4, 0.5) is 5.82 Å². The number of hydrogen-bond donors (Lipinski definition) is 8. The van der Waals surface area contributed by atoms with Gasteiger partial charge < -0.3 is 50.5 Å². The maximum atomic E-state index is 12.9. The van der Waals surface area contributed by atoms with Crippen LogP contribution in [0.15, 0.2) is 12.7 Å². The van der Waals surface area contributed by atoms with Crippen LogP contribution in [-0.4, -0.2) is 111 Å². The summed E-state index contributed by atoms with van der Waals surface area (Å²) in [6, 6.07) is 0. The summed E-state index contributed by atoms with van der Waals surface area (Å²) in [6.45, 7) is -1.76. The number of nitrogens with two attached hydrogens (primary N) is 1. The zero-order chi connectivity index (χ0) is 26.4. The van der Waals surface area contributed by atoms with Gasteiger partial charge in [0, 0.05) is 0 Å². The molecule has 2 aromatic rings. The van der Waals surface area contributed by atoms with Crippen LogP contribution < -0.4 is 5.73 Å². The van der Waals surface area contributed by atoms with Crippen molar-refractivity contribution in [2.75, 3.05) is 18.9 Å². The van der Waals surface area contributed by atoms with Crippen molar-refractivity contribution < 1.29 is 67.3 Å². The van der Waals surface area contributed by atoms with Gasteiger partial charge in [0.2, 0.25) is 0 Å². The van der Waals surface area contributed by atoms with Crippen molar-refractivity contribution in [3.05, 3.63) is 12.7 Å². The Hall–Kier alpha value is -1.67. The van der Waals surface area contributed by atoms with Gasteiger partial charge in [0.25, 0.3) is 0 Å². The van der Waals surface area contributed by atoms with Crippen LogP contribution in [-0.2, 0) is 32.0 Å². The minimum Gasteiger partial charge on any atom is -0.387 e. The number of hydrogen-bond acceptors (Lipinski definition) is 16. The number of anilines is 1. The maximum Gasteiger partial charge on any atom is 0.483 e. The Bertz CT molecular complexity index is 1180. The maximum absolute atomic E-state index is 12.9. The van der Waals surface area contributed by atoms with Crippen molar-refractivity contribution in [1.82, 2.24) is 19.5 Å². The fraction of sp³-hybridized carbons (Fsp3) is 0.667. The van der Waals surface area contributed by atoms with E-state index in [0.29, 0.717) is 0 Å². The third kappa shape index (κ3) is 5.59. The number of aromatic nitrogens is 4. The third-order valence-corrected chi connectivity index (χ3v) is 7.92. The van der Waals surface area contributed by atoms with E-state index in [1.54, 1.807) is 0 Å². The summed E-state index contributed by atoms with van der Waals surface area (Å²) in [5.74, 6) is 0.0516. The van der Waals surface area contributed by atoms with Gasteiger partial charge in [0.05, 0.1) is 19.5 Å². The second kappa shape index (κ2) is 10.2. The van der Waals surface area contributed by atoms with E-state index in [1.807, 2.05) is 0 Å². The molecule has 36 heavy (non-hydrogen) atoms. The summed E-state index contributed by atoms with van der Waals surface area (Å²) in [6.07, 6.45) is -10.2. The Morgan fingerprint density at radius 1 is 0.917 bits per heavy atom. The van der Waals surface area contributed by atoms with E-state index in [0.717, 1.165) is 6.33 Å². The highest BCUT2D eigenvalue weighted by Gasteiger charge is 2.48. The van der Waals surface area contributed by atoms with Crippen molar-refractivity contribution in [3.63, 3.8) is 0 Å². The van der Waals surface area contributed by atoms with Crippen LogP contribution in [0.5, 0.6) is 0 Å². The molecule has 0 spiro atoms. The Balaban J connectivity index is 1.45. The molecule has 19 nitrogen and oxygen atoms in total. The Morgan fingerprint density at radius 3 is 2.11 bits per heavy atom. The fourth-order valence-electron chi connectivity index (χ4n) is 3.56. The lowest BCUT2D eigenvalue weighted by molar-refractivity contribution is -0.132. The molecule has 0 aromatic carbocycles. The number of phosphoric ester groups is 1. The first kappa shape index (κ1) is 27.4. The molecule has 2 saturated heterocycles. The van der Waals surface area contributed by atoms with Crippen molar-refractivity contribution >= 4 is 32.6 Å². The van der Waals surface area contributed by atoms with E-state index in [9.17, 15) is 34.7 Å². The molecule has 202 valence electrons. The minimum atomic E-state index is -5.47. The van der Waals surface area contributed by atoms with E-state index in [4.69, 9.17) is 34.0 Å². The topological polar surface area (TPSA) is 292 Å². The third-order valence-electron chi connectivity index (χ3n) is 5.34. The number of rotatable bonds is 9. The molecule has 21 heteroatoms. The fourth-order valence-corrected chi connectivity index (χ4v) is 5.72. The first-order valence-electron chi connectivity index (χ1n) is 10.1. The predicted octanol–water partition coefficient (Wildman–Crippen LogP) is -3.28. The molecule has 2 aromatic heterocycles. The van der Waals surface area contributed by atoms with E-state index >= 15 is 0 Å². The summed E-state index contributed by atoms with van der Waals surface area (Å²) in [5.41, 5.74) is 6.09. The van der Waals surface area contributed by atoms with E-state index in [1.165, 1.54) is 10.9 Å². The van der Waals surface area contributed by atoms with Gasteiger partial charge in [0.1, 0.15) is 48.5 Å². The molecule has 0 saturated carbocycles. The van der Waals surface area contributed by atoms with Gasteiger partial charge in [-0.1, -0.05) is 0 Å². The van der Waals surface area contributed by atoms with Gasteiger partial charge in [0.15, 0.2) is 24.0 Å². The van der Waals surface area contributed by atoms with Crippen LogP contribution in [0.25, 0.3) is 11.2 Å². The minimum absolute atomic E-state index is 0.0516. The SMILES string of the molecule is Nc1ncnc2c1ncn2[C@@H]1O[C@H](COP(=O)(OC[C@H]2O[C@@H](O)[C@H](O)[C@@H]2O)OP(=O)(O)O)[C@@H](O)[C@H]1O. The Morgan fingerprint density at radius 2 is 1.53 bits per heavy atom. The second-order valence-electron chi connectivity index (χ2n) is 7.79. The number of imidazole rings is 1. The van der Waals surface area contributed by atoms with E-state index in [2.05, 4.69) is 19.3 Å². The molecule has 1 unspecified atom stereocenters. The number of ether oxygens (including phenoxy) is 2. The van der Waals surface area contributed by atoms with Crippen LogP contribution in [0.2, 0.25) is 0 Å². The lowest BCUT2D eigenvalue weighted by Gasteiger charge is -2.22. The van der Waals surface area contributed by atoms with Crippen LogP contribution >= 0.6 is 15.6 Å². The molecular formula is C15H23N5O14P2. The monoisotopic (exact) mass is 559 g/mol. The molecule has 2 fully saturated rings. The average molecular weight is 559 g/mol. The molecule has 9 N–H and O–H groups in total. The summed E-state index contributed by atoms with van der Waals surface area (Å²) in [5, 5.41) is 49.6.